The average molecular weight is 412 g/mol. The molecular weight excluding hydrogens is 390 g/mol. The number of hydrogen-bond donors (Lipinski definition) is 1. The first-order chi connectivity index (χ1) is 14.2. The zero-order valence-corrected chi connectivity index (χ0v) is 16.7. The second-order valence-electron chi connectivity index (χ2n) is 7.17. The van der Waals surface area contributed by atoms with Gasteiger partial charge in [0.1, 0.15) is 0 Å². The van der Waals surface area contributed by atoms with Crippen LogP contribution in [0, 0.1) is 5.92 Å². The zero-order valence-electron chi connectivity index (χ0n) is 15.9. The number of pyridine rings is 1. The lowest BCUT2D eigenvalue weighted by atomic mass is 9.97. The highest BCUT2D eigenvalue weighted by atomic mass is 35.5. The Hall–Kier alpha value is -2.77. The number of nitrogens with one attached hydrogen (secondary N) is 1. The van der Waals surface area contributed by atoms with Gasteiger partial charge in [-0.3, -0.25) is 14.7 Å². The third kappa shape index (κ3) is 5.19. The monoisotopic (exact) mass is 411 g/mol. The van der Waals surface area contributed by atoms with Gasteiger partial charge in [-0.2, -0.15) is 4.98 Å². The number of carbonyl (C=O) groups is 1. The molecule has 1 unspecified atom stereocenters. The minimum atomic E-state index is -0.0425. The maximum absolute atomic E-state index is 12.6. The maximum Gasteiger partial charge on any atom is 0.241 e. The summed E-state index contributed by atoms with van der Waals surface area (Å²) in [7, 11) is 0. The Kier molecular flexibility index (Phi) is 6.17. The molecule has 1 N–H and O–H groups in total. The molecule has 0 spiro atoms. The topological polar surface area (TPSA) is 84.2 Å². The van der Waals surface area contributed by atoms with E-state index in [0.717, 1.165) is 30.5 Å². The zero-order chi connectivity index (χ0) is 20.1. The van der Waals surface area contributed by atoms with E-state index in [-0.39, 0.29) is 11.8 Å². The summed E-state index contributed by atoms with van der Waals surface area (Å²) in [6, 6.07) is 11.1. The van der Waals surface area contributed by atoms with Crippen LogP contribution in [0.4, 0.5) is 0 Å². The molecule has 0 radical (unpaired) electrons. The molecule has 1 atom stereocenters. The number of aromatic nitrogens is 3. The molecule has 1 amide bonds. The molecule has 8 heteroatoms. The van der Waals surface area contributed by atoms with E-state index in [9.17, 15) is 4.79 Å². The number of piperidine rings is 1. The Bertz CT molecular complexity index is 945. The van der Waals surface area contributed by atoms with E-state index in [4.69, 9.17) is 16.1 Å². The van der Waals surface area contributed by atoms with Gasteiger partial charge in [0.15, 0.2) is 0 Å². The van der Waals surface area contributed by atoms with E-state index < -0.39 is 0 Å². The van der Waals surface area contributed by atoms with E-state index in [1.165, 1.54) is 0 Å². The van der Waals surface area contributed by atoms with E-state index >= 15 is 0 Å². The fraction of sp³-hybridized carbons (Fsp3) is 0.333. The van der Waals surface area contributed by atoms with Crippen LogP contribution in [-0.4, -0.2) is 39.0 Å². The van der Waals surface area contributed by atoms with Gasteiger partial charge >= 0.3 is 0 Å². The largest absolute Gasteiger partial charge is 0.352 e. The first-order valence-electron chi connectivity index (χ1n) is 9.65. The molecule has 1 aliphatic rings. The summed E-state index contributed by atoms with van der Waals surface area (Å²) in [5, 5.41) is 7.74. The Morgan fingerprint density at radius 1 is 1.28 bits per heavy atom. The van der Waals surface area contributed by atoms with Gasteiger partial charge in [0.05, 0.1) is 12.5 Å². The fourth-order valence-corrected chi connectivity index (χ4v) is 3.60. The Labute approximate surface area is 174 Å². The molecule has 7 nitrogen and oxygen atoms in total. The van der Waals surface area contributed by atoms with Crippen molar-refractivity contribution < 1.29 is 9.32 Å². The number of halogens is 1. The lowest BCUT2D eigenvalue weighted by Gasteiger charge is -2.30. The number of benzene rings is 1. The molecule has 0 saturated carbocycles. The third-order valence-corrected chi connectivity index (χ3v) is 5.25. The van der Waals surface area contributed by atoms with Crippen LogP contribution in [0.25, 0.3) is 11.4 Å². The SMILES string of the molecule is O=C(NCc1cccnc1)C1CCCN(Cc2nc(-c3ccc(Cl)cc3)no2)C1. The van der Waals surface area contributed by atoms with Gasteiger partial charge in [-0.1, -0.05) is 22.8 Å². The van der Waals surface area contributed by atoms with Gasteiger partial charge in [0.25, 0.3) is 0 Å². The van der Waals surface area contributed by atoms with Gasteiger partial charge < -0.3 is 9.84 Å². The van der Waals surface area contributed by atoms with Gasteiger partial charge in [0.2, 0.25) is 17.6 Å². The number of nitrogens with zero attached hydrogens (tertiary/aromatic N) is 4. The molecule has 29 heavy (non-hydrogen) atoms. The van der Waals surface area contributed by atoms with Crippen molar-refractivity contribution in [1.29, 1.82) is 0 Å². The second-order valence-corrected chi connectivity index (χ2v) is 7.61. The van der Waals surface area contributed by atoms with Crippen molar-refractivity contribution in [1.82, 2.24) is 25.3 Å². The normalized spacial score (nSPS) is 17.2. The van der Waals surface area contributed by atoms with Crippen molar-refractivity contribution in [2.24, 2.45) is 5.92 Å². The molecule has 0 bridgehead atoms. The van der Waals surface area contributed by atoms with Crippen LogP contribution in [0.3, 0.4) is 0 Å². The van der Waals surface area contributed by atoms with Gasteiger partial charge in [-0.05, 0) is 55.3 Å². The van der Waals surface area contributed by atoms with Crippen LogP contribution in [0.5, 0.6) is 0 Å². The third-order valence-electron chi connectivity index (χ3n) is 5.00. The molecule has 0 aliphatic carbocycles. The van der Waals surface area contributed by atoms with Crippen molar-refractivity contribution in [2.75, 3.05) is 13.1 Å². The molecule has 1 aliphatic heterocycles. The standard InChI is InChI=1S/C21H22ClN5O2/c22-18-7-5-16(6-8-18)20-25-19(29-26-20)14-27-10-2-4-17(13-27)21(28)24-12-15-3-1-9-23-11-15/h1,3,5-9,11,17H,2,4,10,12-14H2,(H,24,28). The lowest BCUT2D eigenvalue weighted by Crippen LogP contribution is -2.42. The highest BCUT2D eigenvalue weighted by molar-refractivity contribution is 6.30. The molecule has 1 saturated heterocycles. The summed E-state index contributed by atoms with van der Waals surface area (Å²) in [5.74, 6) is 1.12. The Morgan fingerprint density at radius 3 is 2.93 bits per heavy atom. The molecule has 3 heterocycles. The van der Waals surface area contributed by atoms with Crippen molar-refractivity contribution in [3.8, 4) is 11.4 Å². The van der Waals surface area contributed by atoms with E-state index in [2.05, 4.69) is 25.3 Å². The number of carbonyl (C=O) groups excluding carboxylic acids is 1. The van der Waals surface area contributed by atoms with Crippen LogP contribution in [0.1, 0.15) is 24.3 Å². The molecule has 3 aromatic rings. The van der Waals surface area contributed by atoms with E-state index in [1.807, 2.05) is 24.3 Å². The Morgan fingerprint density at radius 2 is 2.14 bits per heavy atom. The summed E-state index contributed by atoms with van der Waals surface area (Å²) < 4.78 is 5.41. The predicted molar refractivity (Wildman–Crippen MR) is 109 cm³/mol. The predicted octanol–water partition coefficient (Wildman–Crippen LogP) is 3.31. The number of hydrogen-bond acceptors (Lipinski definition) is 6. The fourth-order valence-electron chi connectivity index (χ4n) is 3.48. The quantitative estimate of drug-likeness (QED) is 0.669. The van der Waals surface area contributed by atoms with Crippen LogP contribution in [0.15, 0.2) is 53.3 Å². The van der Waals surface area contributed by atoms with Crippen LogP contribution in [0.2, 0.25) is 5.02 Å². The highest BCUT2D eigenvalue weighted by Gasteiger charge is 2.26. The number of likely N-dealkylation sites (tertiary alicyclic amines) is 1. The van der Waals surface area contributed by atoms with Crippen molar-refractivity contribution in [3.05, 3.63) is 65.3 Å². The second kappa shape index (κ2) is 9.15. The summed E-state index contributed by atoms with van der Waals surface area (Å²) in [5.41, 5.74) is 1.85. The minimum absolute atomic E-state index is 0.0425. The lowest BCUT2D eigenvalue weighted by molar-refractivity contribution is -0.127. The van der Waals surface area contributed by atoms with Crippen molar-refractivity contribution >= 4 is 17.5 Å². The Balaban J connectivity index is 1.32. The van der Waals surface area contributed by atoms with E-state index in [1.54, 1.807) is 24.5 Å². The molecule has 2 aromatic heterocycles. The minimum Gasteiger partial charge on any atom is -0.352 e. The van der Waals surface area contributed by atoms with Gasteiger partial charge in [0, 0.05) is 36.1 Å². The first-order valence-corrected chi connectivity index (χ1v) is 10.0. The van der Waals surface area contributed by atoms with Crippen LogP contribution < -0.4 is 5.32 Å². The molecule has 1 aromatic carbocycles. The summed E-state index contributed by atoms with van der Waals surface area (Å²) in [4.78, 5) is 23.3. The van der Waals surface area contributed by atoms with Crippen LogP contribution >= 0.6 is 11.6 Å². The molecule has 4 rings (SSSR count). The average Bonchev–Trinajstić information content (AvgIpc) is 3.22. The summed E-state index contributed by atoms with van der Waals surface area (Å²) in [6.07, 6.45) is 5.33. The van der Waals surface area contributed by atoms with Gasteiger partial charge in [-0.25, -0.2) is 0 Å². The number of rotatable bonds is 6. The summed E-state index contributed by atoms with van der Waals surface area (Å²) in [6.45, 7) is 2.62. The van der Waals surface area contributed by atoms with Gasteiger partial charge in [-0.15, -0.1) is 0 Å². The van der Waals surface area contributed by atoms with Crippen LogP contribution in [-0.2, 0) is 17.9 Å². The first kappa shape index (κ1) is 19.5. The van der Waals surface area contributed by atoms with Crippen molar-refractivity contribution in [3.63, 3.8) is 0 Å². The highest BCUT2D eigenvalue weighted by Crippen LogP contribution is 2.21. The maximum atomic E-state index is 12.6. The molecular formula is C21H22ClN5O2. The van der Waals surface area contributed by atoms with E-state index in [0.29, 0.717) is 36.4 Å². The molecule has 150 valence electrons. The number of amides is 1. The molecule has 1 fully saturated rings. The summed E-state index contributed by atoms with van der Waals surface area (Å²) >= 11 is 5.92. The smallest absolute Gasteiger partial charge is 0.241 e. The van der Waals surface area contributed by atoms with Crippen molar-refractivity contribution in [2.45, 2.75) is 25.9 Å².